The molecule has 0 aromatic carbocycles. The molecule has 6 nitrogen and oxygen atoms in total. The van der Waals surface area contributed by atoms with E-state index in [9.17, 15) is 9.59 Å². The number of hydrogen-bond acceptors (Lipinski definition) is 5. The molecule has 0 N–H and O–H groups in total. The van der Waals surface area contributed by atoms with Crippen LogP contribution in [0.4, 0.5) is 0 Å². The molecule has 6 heteroatoms. The van der Waals surface area contributed by atoms with Gasteiger partial charge in [0, 0.05) is 26.2 Å². The Kier molecular flexibility index (Phi) is 4.44. The van der Waals surface area contributed by atoms with Crippen molar-refractivity contribution in [2.75, 3.05) is 27.7 Å². The molecule has 2 heterocycles. The summed E-state index contributed by atoms with van der Waals surface area (Å²) < 4.78 is 9.86. The van der Waals surface area contributed by atoms with Crippen molar-refractivity contribution < 1.29 is 18.7 Å². The number of carbonyl (C=O) groups excluding carboxylic acids is 2. The molecule has 0 saturated carbocycles. The van der Waals surface area contributed by atoms with Gasteiger partial charge in [-0.25, -0.2) is 4.79 Å². The first-order chi connectivity index (χ1) is 9.54. The summed E-state index contributed by atoms with van der Waals surface area (Å²) in [5, 5.41) is 0. The molecule has 0 aliphatic carbocycles. The smallest absolute Gasteiger partial charge is 0.374 e. The number of carbonyl (C=O) groups is 2. The second-order valence-corrected chi connectivity index (χ2v) is 5.13. The summed E-state index contributed by atoms with van der Waals surface area (Å²) >= 11 is 0. The van der Waals surface area contributed by atoms with Crippen molar-refractivity contribution in [3.8, 4) is 0 Å². The average molecular weight is 280 g/mol. The number of likely N-dealkylation sites (N-methyl/N-ethyl adjacent to an activating group) is 1. The van der Waals surface area contributed by atoms with Gasteiger partial charge in [-0.05, 0) is 25.5 Å². The fourth-order valence-corrected chi connectivity index (χ4v) is 2.54. The van der Waals surface area contributed by atoms with E-state index in [1.165, 1.54) is 13.4 Å². The molecular weight excluding hydrogens is 260 g/mol. The molecule has 1 aliphatic rings. The van der Waals surface area contributed by atoms with E-state index >= 15 is 0 Å². The van der Waals surface area contributed by atoms with Crippen LogP contribution in [0.25, 0.3) is 0 Å². The molecule has 1 aromatic rings. The van der Waals surface area contributed by atoms with Crippen molar-refractivity contribution in [3.05, 3.63) is 23.7 Å². The van der Waals surface area contributed by atoms with E-state index in [1.54, 1.807) is 25.1 Å². The minimum atomic E-state index is -0.486. The van der Waals surface area contributed by atoms with Crippen LogP contribution in [0, 0.1) is 0 Å². The number of esters is 1. The van der Waals surface area contributed by atoms with E-state index in [2.05, 4.69) is 9.64 Å². The molecule has 2 rings (SSSR count). The Hall–Kier alpha value is -1.82. The molecule has 1 amide bonds. The molecule has 1 aliphatic heterocycles. The van der Waals surface area contributed by atoms with Crippen LogP contribution in [0.2, 0.25) is 0 Å². The lowest BCUT2D eigenvalue weighted by atomic mass is 10.1. The minimum absolute atomic E-state index is 0.102. The molecule has 1 atom stereocenters. The fourth-order valence-electron chi connectivity index (χ4n) is 2.54. The van der Waals surface area contributed by atoms with Crippen molar-refractivity contribution in [2.24, 2.45) is 0 Å². The standard InChI is InChI=1S/C14H20N2O4/c1-15(2)13(17)11-5-4-7-16(11)9-10-6-8-20-12(10)14(18)19-3/h6,8,11H,4-5,7,9H2,1-3H3/t11-/m1/s1. The van der Waals surface area contributed by atoms with Crippen LogP contribution < -0.4 is 0 Å². The highest BCUT2D eigenvalue weighted by Crippen LogP contribution is 2.23. The molecule has 1 aromatic heterocycles. The largest absolute Gasteiger partial charge is 0.463 e. The first-order valence-corrected chi connectivity index (χ1v) is 6.64. The number of ether oxygens (including phenoxy) is 1. The highest BCUT2D eigenvalue weighted by Gasteiger charge is 2.32. The van der Waals surface area contributed by atoms with Gasteiger partial charge in [0.1, 0.15) is 0 Å². The van der Waals surface area contributed by atoms with Gasteiger partial charge in [-0.3, -0.25) is 9.69 Å². The lowest BCUT2D eigenvalue weighted by Crippen LogP contribution is -2.42. The molecule has 110 valence electrons. The predicted octanol–water partition coefficient (Wildman–Crippen LogP) is 1.12. The van der Waals surface area contributed by atoms with Crippen molar-refractivity contribution in [2.45, 2.75) is 25.4 Å². The first kappa shape index (κ1) is 14.6. The first-order valence-electron chi connectivity index (χ1n) is 6.64. The summed E-state index contributed by atoms with van der Waals surface area (Å²) in [6.45, 7) is 1.36. The molecule has 0 spiro atoms. The van der Waals surface area contributed by atoms with Crippen LogP contribution >= 0.6 is 0 Å². The Labute approximate surface area is 118 Å². The number of likely N-dealkylation sites (tertiary alicyclic amines) is 1. The number of amides is 1. The van der Waals surface area contributed by atoms with E-state index in [1.807, 2.05) is 0 Å². The lowest BCUT2D eigenvalue weighted by Gasteiger charge is -2.25. The van der Waals surface area contributed by atoms with Crippen molar-refractivity contribution >= 4 is 11.9 Å². The van der Waals surface area contributed by atoms with Gasteiger partial charge in [0.2, 0.25) is 11.7 Å². The van der Waals surface area contributed by atoms with E-state index in [0.717, 1.165) is 24.9 Å². The molecule has 20 heavy (non-hydrogen) atoms. The van der Waals surface area contributed by atoms with Crippen LogP contribution in [0.15, 0.2) is 16.7 Å². The molecule has 0 radical (unpaired) electrons. The zero-order chi connectivity index (χ0) is 14.7. The molecular formula is C14H20N2O4. The van der Waals surface area contributed by atoms with Gasteiger partial charge in [0.05, 0.1) is 19.4 Å². The number of furan rings is 1. The van der Waals surface area contributed by atoms with Crippen molar-refractivity contribution in [1.29, 1.82) is 0 Å². The Morgan fingerprint density at radius 3 is 2.90 bits per heavy atom. The van der Waals surface area contributed by atoms with Crippen LogP contribution in [0.3, 0.4) is 0 Å². The predicted molar refractivity (Wildman–Crippen MR) is 72.2 cm³/mol. The van der Waals surface area contributed by atoms with Crippen LogP contribution in [0.1, 0.15) is 29.0 Å². The minimum Gasteiger partial charge on any atom is -0.463 e. The normalized spacial score (nSPS) is 19.1. The summed E-state index contributed by atoms with van der Waals surface area (Å²) in [4.78, 5) is 27.4. The molecule has 0 bridgehead atoms. The van der Waals surface area contributed by atoms with Gasteiger partial charge in [-0.15, -0.1) is 0 Å². The summed E-state index contributed by atoms with van der Waals surface area (Å²) in [7, 11) is 4.84. The third-order valence-electron chi connectivity index (χ3n) is 3.58. The Balaban J connectivity index is 2.11. The number of rotatable bonds is 4. The number of hydrogen-bond donors (Lipinski definition) is 0. The van der Waals surface area contributed by atoms with Crippen LogP contribution in [0.5, 0.6) is 0 Å². The van der Waals surface area contributed by atoms with Gasteiger partial charge in [0.15, 0.2) is 0 Å². The third kappa shape index (κ3) is 2.85. The van der Waals surface area contributed by atoms with E-state index in [4.69, 9.17) is 4.42 Å². The maximum Gasteiger partial charge on any atom is 0.374 e. The van der Waals surface area contributed by atoms with Gasteiger partial charge in [-0.1, -0.05) is 0 Å². The van der Waals surface area contributed by atoms with E-state index in [0.29, 0.717) is 6.54 Å². The van der Waals surface area contributed by atoms with Crippen LogP contribution in [-0.4, -0.2) is 55.5 Å². The van der Waals surface area contributed by atoms with Gasteiger partial charge in [0.25, 0.3) is 0 Å². The summed E-state index contributed by atoms with van der Waals surface area (Å²) in [6.07, 6.45) is 3.30. The van der Waals surface area contributed by atoms with Gasteiger partial charge < -0.3 is 14.1 Å². The lowest BCUT2D eigenvalue weighted by molar-refractivity contribution is -0.133. The van der Waals surface area contributed by atoms with Crippen molar-refractivity contribution in [3.63, 3.8) is 0 Å². The maximum absolute atomic E-state index is 12.1. The molecule has 1 saturated heterocycles. The summed E-state index contributed by atoms with van der Waals surface area (Å²) in [6, 6.07) is 1.63. The summed E-state index contributed by atoms with van der Waals surface area (Å²) in [5.74, 6) is -0.166. The third-order valence-corrected chi connectivity index (χ3v) is 3.58. The number of nitrogens with zero attached hydrogens (tertiary/aromatic N) is 2. The summed E-state index contributed by atoms with van der Waals surface area (Å²) in [5.41, 5.74) is 0.760. The highest BCUT2D eigenvalue weighted by atomic mass is 16.5. The van der Waals surface area contributed by atoms with Crippen molar-refractivity contribution in [1.82, 2.24) is 9.80 Å². The Bertz CT molecular complexity index is 495. The van der Waals surface area contributed by atoms with Gasteiger partial charge >= 0.3 is 5.97 Å². The fraction of sp³-hybridized carbons (Fsp3) is 0.571. The Morgan fingerprint density at radius 2 is 2.25 bits per heavy atom. The highest BCUT2D eigenvalue weighted by molar-refractivity contribution is 5.88. The maximum atomic E-state index is 12.1. The zero-order valence-electron chi connectivity index (χ0n) is 12.1. The van der Waals surface area contributed by atoms with E-state index in [-0.39, 0.29) is 17.7 Å². The second kappa shape index (κ2) is 6.09. The van der Waals surface area contributed by atoms with Gasteiger partial charge in [-0.2, -0.15) is 0 Å². The molecule has 0 unspecified atom stereocenters. The zero-order valence-corrected chi connectivity index (χ0v) is 12.1. The quantitative estimate of drug-likeness (QED) is 0.773. The monoisotopic (exact) mass is 280 g/mol. The van der Waals surface area contributed by atoms with Crippen LogP contribution in [-0.2, 0) is 16.1 Å². The van der Waals surface area contributed by atoms with E-state index < -0.39 is 5.97 Å². The average Bonchev–Trinajstić information content (AvgIpc) is 3.06. The Morgan fingerprint density at radius 1 is 1.50 bits per heavy atom. The number of methoxy groups -OCH3 is 1. The topological polar surface area (TPSA) is 63.0 Å². The second-order valence-electron chi connectivity index (χ2n) is 5.13. The molecule has 1 fully saturated rings. The SMILES string of the molecule is COC(=O)c1occc1CN1CCC[C@@H]1C(=O)N(C)C.